The number of nitrogens with one attached hydrogen (secondary N) is 1. The van der Waals surface area contributed by atoms with Gasteiger partial charge in [0.15, 0.2) is 0 Å². The molecule has 3 rings (SSSR count). The fourth-order valence-electron chi connectivity index (χ4n) is 2.43. The lowest BCUT2D eigenvalue weighted by atomic mass is 10.1. The van der Waals surface area contributed by atoms with E-state index < -0.39 is 0 Å². The number of hydrogen-bond acceptors (Lipinski definition) is 2. The Morgan fingerprint density at radius 1 is 1.44 bits per heavy atom. The molecule has 1 N–H and O–H groups in total. The number of pyridine rings is 1. The third-order valence-electron chi connectivity index (χ3n) is 3.15. The molecule has 16 heavy (non-hydrogen) atoms. The molecule has 1 aliphatic heterocycles. The number of aryl methyl sites for hydroxylation is 1. The van der Waals surface area contributed by atoms with E-state index in [1.54, 1.807) is 0 Å². The van der Waals surface area contributed by atoms with Crippen LogP contribution in [0.25, 0.3) is 5.52 Å². The summed E-state index contributed by atoms with van der Waals surface area (Å²) < 4.78 is 8.06. The minimum absolute atomic E-state index is 0.179. The van der Waals surface area contributed by atoms with Crippen molar-refractivity contribution >= 4 is 5.52 Å². The van der Waals surface area contributed by atoms with Crippen molar-refractivity contribution in [2.24, 2.45) is 0 Å². The van der Waals surface area contributed by atoms with Gasteiger partial charge in [-0.05, 0) is 30.7 Å². The molecule has 1 fully saturated rings. The topological polar surface area (TPSA) is 25.7 Å². The molecule has 1 aliphatic rings. The van der Waals surface area contributed by atoms with Gasteiger partial charge >= 0.3 is 0 Å². The van der Waals surface area contributed by atoms with E-state index in [2.05, 4.69) is 47.1 Å². The Kier molecular flexibility index (Phi) is 2.42. The SMILES string of the molecule is Cc1cc2ccccn2c1C1CNCCO1. The van der Waals surface area contributed by atoms with Crippen LogP contribution in [0.3, 0.4) is 0 Å². The van der Waals surface area contributed by atoms with Crippen molar-refractivity contribution in [2.75, 3.05) is 19.7 Å². The minimum Gasteiger partial charge on any atom is -0.369 e. The minimum atomic E-state index is 0.179. The van der Waals surface area contributed by atoms with Crippen LogP contribution in [-0.2, 0) is 4.74 Å². The highest BCUT2D eigenvalue weighted by Crippen LogP contribution is 2.25. The highest BCUT2D eigenvalue weighted by atomic mass is 16.5. The van der Waals surface area contributed by atoms with Gasteiger partial charge in [0.05, 0.1) is 12.3 Å². The first-order valence-corrected chi connectivity index (χ1v) is 5.75. The summed E-state index contributed by atoms with van der Waals surface area (Å²) in [7, 11) is 0. The monoisotopic (exact) mass is 216 g/mol. The molecule has 3 nitrogen and oxygen atoms in total. The van der Waals surface area contributed by atoms with Gasteiger partial charge in [0.25, 0.3) is 0 Å². The van der Waals surface area contributed by atoms with Crippen LogP contribution in [-0.4, -0.2) is 24.1 Å². The molecule has 2 aromatic rings. The molecule has 1 saturated heterocycles. The van der Waals surface area contributed by atoms with E-state index in [-0.39, 0.29) is 6.10 Å². The number of fused-ring (bicyclic) bond motifs is 1. The first kappa shape index (κ1) is 9.87. The number of ether oxygens (including phenoxy) is 1. The lowest BCUT2D eigenvalue weighted by Crippen LogP contribution is -2.34. The van der Waals surface area contributed by atoms with Crippen molar-refractivity contribution in [3.05, 3.63) is 41.7 Å². The summed E-state index contributed by atoms with van der Waals surface area (Å²) in [6.07, 6.45) is 2.29. The largest absolute Gasteiger partial charge is 0.369 e. The molecule has 0 amide bonds. The van der Waals surface area contributed by atoms with E-state index in [4.69, 9.17) is 4.74 Å². The quantitative estimate of drug-likeness (QED) is 0.788. The Balaban J connectivity index is 2.10. The molecular weight excluding hydrogens is 200 g/mol. The lowest BCUT2D eigenvalue weighted by molar-refractivity contribution is 0.0242. The maximum Gasteiger partial charge on any atom is 0.110 e. The molecular formula is C13H16N2O. The number of nitrogens with zero attached hydrogens (tertiary/aromatic N) is 1. The van der Waals surface area contributed by atoms with Crippen molar-refractivity contribution < 1.29 is 4.74 Å². The number of hydrogen-bond donors (Lipinski definition) is 1. The molecule has 1 atom stereocenters. The second-order valence-corrected chi connectivity index (χ2v) is 4.27. The zero-order chi connectivity index (χ0) is 11.0. The molecule has 0 saturated carbocycles. The summed E-state index contributed by atoms with van der Waals surface area (Å²) in [6, 6.07) is 8.48. The molecule has 0 aliphatic carbocycles. The third-order valence-corrected chi connectivity index (χ3v) is 3.15. The van der Waals surface area contributed by atoms with Crippen LogP contribution >= 0.6 is 0 Å². The first-order chi connectivity index (χ1) is 7.86. The van der Waals surface area contributed by atoms with Crippen molar-refractivity contribution in [3.8, 4) is 0 Å². The molecule has 0 radical (unpaired) electrons. The smallest absolute Gasteiger partial charge is 0.110 e. The van der Waals surface area contributed by atoms with Gasteiger partial charge in [-0.2, -0.15) is 0 Å². The maximum atomic E-state index is 5.83. The summed E-state index contributed by atoms with van der Waals surface area (Å²) in [5, 5.41) is 3.38. The van der Waals surface area contributed by atoms with E-state index in [0.29, 0.717) is 0 Å². The van der Waals surface area contributed by atoms with Crippen LogP contribution < -0.4 is 5.32 Å². The van der Waals surface area contributed by atoms with Gasteiger partial charge < -0.3 is 14.5 Å². The van der Waals surface area contributed by atoms with Gasteiger partial charge in [-0.15, -0.1) is 0 Å². The summed E-state index contributed by atoms with van der Waals surface area (Å²) in [5.41, 5.74) is 3.83. The highest BCUT2D eigenvalue weighted by molar-refractivity contribution is 5.53. The number of aromatic nitrogens is 1. The summed E-state index contributed by atoms with van der Waals surface area (Å²) >= 11 is 0. The average molecular weight is 216 g/mol. The van der Waals surface area contributed by atoms with E-state index in [9.17, 15) is 0 Å². The highest BCUT2D eigenvalue weighted by Gasteiger charge is 2.20. The zero-order valence-corrected chi connectivity index (χ0v) is 9.44. The number of morpholine rings is 1. The van der Waals surface area contributed by atoms with Gasteiger partial charge in [-0.25, -0.2) is 0 Å². The van der Waals surface area contributed by atoms with E-state index in [1.165, 1.54) is 16.8 Å². The average Bonchev–Trinajstić information content (AvgIpc) is 2.66. The van der Waals surface area contributed by atoms with Crippen LogP contribution in [0.5, 0.6) is 0 Å². The first-order valence-electron chi connectivity index (χ1n) is 5.75. The van der Waals surface area contributed by atoms with Crippen LogP contribution in [0.4, 0.5) is 0 Å². The summed E-state index contributed by atoms with van der Waals surface area (Å²) in [4.78, 5) is 0. The fourth-order valence-corrected chi connectivity index (χ4v) is 2.43. The Hall–Kier alpha value is -1.32. The molecule has 1 unspecified atom stereocenters. The van der Waals surface area contributed by atoms with E-state index in [1.807, 2.05) is 0 Å². The van der Waals surface area contributed by atoms with Crippen molar-refractivity contribution in [3.63, 3.8) is 0 Å². The lowest BCUT2D eigenvalue weighted by Gasteiger charge is -2.24. The fraction of sp³-hybridized carbons (Fsp3) is 0.385. The summed E-state index contributed by atoms with van der Waals surface area (Å²) in [5.74, 6) is 0. The van der Waals surface area contributed by atoms with Gasteiger partial charge in [-0.3, -0.25) is 0 Å². The maximum absolute atomic E-state index is 5.83. The Bertz CT molecular complexity index is 498. The van der Waals surface area contributed by atoms with E-state index >= 15 is 0 Å². The standard InChI is InChI=1S/C13H16N2O/c1-10-8-11-4-2-3-6-15(11)13(10)12-9-14-5-7-16-12/h2-4,6,8,12,14H,5,7,9H2,1H3. The Morgan fingerprint density at radius 3 is 3.19 bits per heavy atom. The van der Waals surface area contributed by atoms with Crippen LogP contribution in [0.2, 0.25) is 0 Å². The van der Waals surface area contributed by atoms with Crippen LogP contribution in [0, 0.1) is 6.92 Å². The van der Waals surface area contributed by atoms with Gasteiger partial charge in [0.2, 0.25) is 0 Å². The van der Waals surface area contributed by atoms with E-state index in [0.717, 1.165) is 19.7 Å². The predicted molar refractivity (Wildman–Crippen MR) is 63.7 cm³/mol. The van der Waals surface area contributed by atoms with Crippen molar-refractivity contribution in [1.29, 1.82) is 0 Å². The van der Waals surface area contributed by atoms with Gasteiger partial charge in [0.1, 0.15) is 6.10 Å². The third kappa shape index (κ3) is 1.52. The molecule has 0 bridgehead atoms. The second kappa shape index (κ2) is 3.92. The summed E-state index contributed by atoms with van der Waals surface area (Å²) in [6.45, 7) is 4.81. The molecule has 0 spiro atoms. The van der Waals surface area contributed by atoms with Crippen molar-refractivity contribution in [2.45, 2.75) is 13.0 Å². The molecule has 3 heterocycles. The Labute approximate surface area is 95.0 Å². The predicted octanol–water partition coefficient (Wildman–Crippen LogP) is 1.91. The molecule has 2 aromatic heterocycles. The van der Waals surface area contributed by atoms with Gasteiger partial charge in [0, 0.05) is 24.8 Å². The van der Waals surface area contributed by atoms with Crippen molar-refractivity contribution in [1.82, 2.24) is 9.72 Å². The zero-order valence-electron chi connectivity index (χ0n) is 9.44. The molecule has 0 aromatic carbocycles. The van der Waals surface area contributed by atoms with Gasteiger partial charge in [-0.1, -0.05) is 6.07 Å². The Morgan fingerprint density at radius 2 is 2.38 bits per heavy atom. The number of rotatable bonds is 1. The molecule has 84 valence electrons. The molecule has 3 heteroatoms. The normalized spacial score (nSPS) is 21.4. The van der Waals surface area contributed by atoms with Crippen LogP contribution in [0.1, 0.15) is 17.4 Å². The second-order valence-electron chi connectivity index (χ2n) is 4.27. The van der Waals surface area contributed by atoms with Crippen LogP contribution in [0.15, 0.2) is 30.5 Å².